The lowest BCUT2D eigenvalue weighted by molar-refractivity contribution is 0.0161. The van der Waals surface area contributed by atoms with Gasteiger partial charge in [-0.05, 0) is 17.7 Å². The van der Waals surface area contributed by atoms with Gasteiger partial charge in [-0.2, -0.15) is 8.42 Å². The van der Waals surface area contributed by atoms with E-state index in [2.05, 4.69) is 0 Å². The van der Waals surface area contributed by atoms with Crippen molar-refractivity contribution in [2.75, 3.05) is 32.6 Å². The smallest absolute Gasteiger partial charge is 0.407 e. The number of ether oxygens (including phenoxy) is 1. The van der Waals surface area contributed by atoms with Crippen molar-refractivity contribution in [2.24, 2.45) is 5.92 Å². The first-order valence-electron chi connectivity index (χ1n) is 7.06. The van der Waals surface area contributed by atoms with Crippen LogP contribution < -0.4 is 0 Å². The first-order chi connectivity index (χ1) is 11.2. The van der Waals surface area contributed by atoms with Crippen LogP contribution >= 0.6 is 11.6 Å². The Labute approximate surface area is 144 Å². The van der Waals surface area contributed by atoms with E-state index in [1.54, 1.807) is 6.07 Å². The van der Waals surface area contributed by atoms with Crippen molar-refractivity contribution in [1.29, 1.82) is 0 Å². The minimum atomic E-state index is -3.71. The van der Waals surface area contributed by atoms with Crippen molar-refractivity contribution < 1.29 is 31.6 Å². The van der Waals surface area contributed by atoms with E-state index in [4.69, 9.17) is 20.5 Å². The summed E-state index contributed by atoms with van der Waals surface area (Å²) in [5, 5.41) is 9.13. The maximum absolute atomic E-state index is 13.7. The fourth-order valence-electron chi connectivity index (χ4n) is 2.48. The predicted octanol–water partition coefficient (Wildman–Crippen LogP) is 2.12. The molecule has 134 valence electrons. The highest BCUT2D eigenvalue weighted by atomic mass is 35.5. The number of rotatable bonds is 4. The van der Waals surface area contributed by atoms with Crippen LogP contribution in [0.5, 0.6) is 0 Å². The largest absolute Gasteiger partial charge is 0.465 e. The van der Waals surface area contributed by atoms with E-state index in [0.29, 0.717) is 5.56 Å². The molecule has 0 bridgehead atoms. The molecule has 1 saturated heterocycles. The molecule has 2 rings (SSSR count). The van der Waals surface area contributed by atoms with Crippen molar-refractivity contribution in [3.8, 4) is 0 Å². The van der Waals surface area contributed by atoms with Crippen molar-refractivity contribution >= 4 is 27.8 Å². The summed E-state index contributed by atoms with van der Waals surface area (Å²) in [6.07, 6.45) is -0.968. The van der Waals surface area contributed by atoms with Gasteiger partial charge in [0.05, 0.1) is 30.6 Å². The summed E-state index contributed by atoms with van der Waals surface area (Å²) >= 11 is 5.67. The van der Waals surface area contributed by atoms with Gasteiger partial charge in [-0.1, -0.05) is 17.7 Å². The summed E-state index contributed by atoms with van der Waals surface area (Å²) in [6.45, 7) is -0.0643. The third-order valence-electron chi connectivity index (χ3n) is 3.58. The first kappa shape index (κ1) is 18.9. The van der Waals surface area contributed by atoms with Crippen LogP contribution in [0.1, 0.15) is 11.7 Å². The zero-order valence-corrected chi connectivity index (χ0v) is 14.4. The Morgan fingerprint density at radius 3 is 2.83 bits per heavy atom. The number of carboxylic acid groups (broad SMARTS) is 1. The molecule has 0 aromatic heterocycles. The fraction of sp³-hybridized carbons (Fsp3) is 0.500. The molecule has 0 saturated carbocycles. The third kappa shape index (κ3) is 5.04. The summed E-state index contributed by atoms with van der Waals surface area (Å²) in [7, 11) is -3.71. The first-order valence-corrected chi connectivity index (χ1v) is 9.25. The standard InChI is InChI=1S/C14H17ClFNO6S/c1-24(20,21)23-8-10-7-17(14(18)19)4-5-22-13(10)9-2-3-11(15)12(16)6-9/h2-3,6,10,13H,4-5,7-8H2,1H3,(H,18,19)/t10-,13-/m0/s1. The second kappa shape index (κ2) is 7.64. The molecule has 10 heteroatoms. The topological polar surface area (TPSA) is 93.1 Å². The number of amides is 1. The van der Waals surface area contributed by atoms with Gasteiger partial charge >= 0.3 is 6.09 Å². The highest BCUT2D eigenvalue weighted by Gasteiger charge is 2.32. The number of halogens is 2. The predicted molar refractivity (Wildman–Crippen MR) is 84.0 cm³/mol. The Morgan fingerprint density at radius 2 is 2.25 bits per heavy atom. The van der Waals surface area contributed by atoms with Gasteiger partial charge < -0.3 is 14.7 Å². The van der Waals surface area contributed by atoms with E-state index < -0.39 is 34.1 Å². The fourth-order valence-corrected chi connectivity index (χ4v) is 3.02. The quantitative estimate of drug-likeness (QED) is 0.803. The van der Waals surface area contributed by atoms with Gasteiger partial charge in [0.25, 0.3) is 10.1 Å². The monoisotopic (exact) mass is 381 g/mol. The lowest BCUT2D eigenvalue weighted by Crippen LogP contribution is -2.36. The van der Waals surface area contributed by atoms with E-state index in [9.17, 15) is 22.7 Å². The van der Waals surface area contributed by atoms with Gasteiger partial charge in [0.1, 0.15) is 5.82 Å². The molecule has 1 aliphatic rings. The van der Waals surface area contributed by atoms with Gasteiger partial charge in [0.2, 0.25) is 0 Å². The lowest BCUT2D eigenvalue weighted by Gasteiger charge is -2.26. The van der Waals surface area contributed by atoms with E-state index in [1.165, 1.54) is 12.1 Å². The maximum Gasteiger partial charge on any atom is 0.407 e. The SMILES string of the molecule is CS(=O)(=O)OC[C@@H]1CN(C(=O)O)CCO[C@H]1c1ccc(Cl)c(F)c1. The number of carbonyl (C=O) groups is 1. The summed E-state index contributed by atoms with van der Waals surface area (Å²) in [4.78, 5) is 12.3. The zero-order valence-electron chi connectivity index (χ0n) is 12.8. The molecule has 1 heterocycles. The maximum atomic E-state index is 13.7. The molecule has 0 spiro atoms. The van der Waals surface area contributed by atoms with E-state index in [1.807, 2.05) is 0 Å². The Morgan fingerprint density at radius 1 is 1.54 bits per heavy atom. The minimum absolute atomic E-state index is 0.000233. The molecule has 1 aliphatic heterocycles. The summed E-state index contributed by atoms with van der Waals surface area (Å²) in [5.41, 5.74) is 0.436. The molecular formula is C14H17ClFNO6S. The lowest BCUT2D eigenvalue weighted by atomic mass is 9.96. The molecule has 24 heavy (non-hydrogen) atoms. The second-order valence-electron chi connectivity index (χ2n) is 5.44. The zero-order chi connectivity index (χ0) is 17.9. The van der Waals surface area contributed by atoms with Crippen molar-refractivity contribution in [3.63, 3.8) is 0 Å². The normalized spacial score (nSPS) is 22.2. The van der Waals surface area contributed by atoms with Crippen molar-refractivity contribution in [2.45, 2.75) is 6.10 Å². The van der Waals surface area contributed by atoms with Crippen LogP contribution in [0.2, 0.25) is 5.02 Å². The Balaban J connectivity index is 2.29. The number of nitrogens with zero attached hydrogens (tertiary/aromatic N) is 1. The summed E-state index contributed by atoms with van der Waals surface area (Å²) < 4.78 is 46.7. The molecule has 1 aromatic carbocycles. The highest BCUT2D eigenvalue weighted by Crippen LogP contribution is 2.31. The van der Waals surface area contributed by atoms with Crippen LogP contribution in [0.4, 0.5) is 9.18 Å². The van der Waals surface area contributed by atoms with Crippen LogP contribution in [-0.4, -0.2) is 57.1 Å². The average Bonchev–Trinajstić information content (AvgIpc) is 2.70. The van der Waals surface area contributed by atoms with Crippen LogP contribution in [0.3, 0.4) is 0 Å². The summed E-state index contributed by atoms with van der Waals surface area (Å²) in [6, 6.07) is 4.11. The number of benzene rings is 1. The molecule has 7 nitrogen and oxygen atoms in total. The molecule has 1 N–H and O–H groups in total. The molecular weight excluding hydrogens is 365 g/mol. The molecule has 0 unspecified atom stereocenters. The average molecular weight is 382 g/mol. The molecule has 2 atom stereocenters. The Hall–Kier alpha value is -1.42. The van der Waals surface area contributed by atoms with Crippen LogP contribution in [0.15, 0.2) is 18.2 Å². The highest BCUT2D eigenvalue weighted by molar-refractivity contribution is 7.85. The minimum Gasteiger partial charge on any atom is -0.465 e. The van der Waals surface area contributed by atoms with Gasteiger partial charge in [0.15, 0.2) is 0 Å². The van der Waals surface area contributed by atoms with E-state index >= 15 is 0 Å². The third-order valence-corrected chi connectivity index (χ3v) is 4.45. The van der Waals surface area contributed by atoms with Crippen LogP contribution in [0, 0.1) is 11.7 Å². The van der Waals surface area contributed by atoms with Gasteiger partial charge in [-0.25, -0.2) is 9.18 Å². The Kier molecular flexibility index (Phi) is 6.02. The van der Waals surface area contributed by atoms with Crippen LogP contribution in [0.25, 0.3) is 0 Å². The van der Waals surface area contributed by atoms with Gasteiger partial charge in [0, 0.05) is 19.0 Å². The van der Waals surface area contributed by atoms with Gasteiger partial charge in [-0.3, -0.25) is 4.18 Å². The Bertz CT molecular complexity index is 713. The number of hydrogen-bond donors (Lipinski definition) is 1. The van der Waals surface area contributed by atoms with Crippen molar-refractivity contribution in [3.05, 3.63) is 34.6 Å². The molecule has 0 radical (unpaired) electrons. The summed E-state index contributed by atoms with van der Waals surface area (Å²) in [5.74, 6) is -1.27. The van der Waals surface area contributed by atoms with Gasteiger partial charge in [-0.15, -0.1) is 0 Å². The second-order valence-corrected chi connectivity index (χ2v) is 7.49. The molecule has 1 fully saturated rings. The van der Waals surface area contributed by atoms with E-state index in [0.717, 1.165) is 11.2 Å². The van der Waals surface area contributed by atoms with Crippen LogP contribution in [-0.2, 0) is 19.0 Å². The van der Waals surface area contributed by atoms with Crippen molar-refractivity contribution in [1.82, 2.24) is 4.90 Å². The molecule has 0 aliphatic carbocycles. The van der Waals surface area contributed by atoms with E-state index in [-0.39, 0.29) is 31.3 Å². The molecule has 1 aromatic rings. The molecule has 1 amide bonds. The number of hydrogen-bond acceptors (Lipinski definition) is 5.